The van der Waals surface area contributed by atoms with Gasteiger partial charge in [-0.2, -0.15) is 0 Å². The SMILES string of the molecule is Cc1ccc(NC(=O)Cc2nc(COC(=O)CCCn3c(=O)oc4ccccc43)cs2)cc1. The third kappa shape index (κ3) is 5.95. The van der Waals surface area contributed by atoms with Gasteiger partial charge >= 0.3 is 11.7 Å². The van der Waals surface area contributed by atoms with Crippen molar-refractivity contribution in [2.24, 2.45) is 0 Å². The van der Waals surface area contributed by atoms with Crippen LogP contribution < -0.4 is 11.1 Å². The van der Waals surface area contributed by atoms with Crippen molar-refractivity contribution < 1.29 is 18.7 Å². The van der Waals surface area contributed by atoms with Crippen molar-refractivity contribution in [3.8, 4) is 0 Å². The minimum atomic E-state index is -0.439. The molecule has 0 atom stereocenters. The molecule has 1 amide bonds. The quantitative estimate of drug-likeness (QED) is 0.374. The van der Waals surface area contributed by atoms with Gasteiger partial charge in [0.05, 0.1) is 17.6 Å². The first-order valence-electron chi connectivity index (χ1n) is 10.5. The van der Waals surface area contributed by atoms with Crippen molar-refractivity contribution in [1.29, 1.82) is 0 Å². The molecule has 2 aromatic carbocycles. The molecule has 9 heteroatoms. The summed E-state index contributed by atoms with van der Waals surface area (Å²) in [5.41, 5.74) is 3.69. The van der Waals surface area contributed by atoms with E-state index in [2.05, 4.69) is 10.3 Å². The Kier molecular flexibility index (Phi) is 6.99. The number of oxazole rings is 1. The molecule has 1 N–H and O–H groups in total. The smallest absolute Gasteiger partial charge is 0.419 e. The Labute approximate surface area is 193 Å². The van der Waals surface area contributed by atoms with Crippen LogP contribution in [-0.2, 0) is 33.9 Å². The number of aryl methyl sites for hydroxylation is 2. The van der Waals surface area contributed by atoms with E-state index in [9.17, 15) is 14.4 Å². The number of rotatable bonds is 9. The van der Waals surface area contributed by atoms with Gasteiger partial charge in [0.25, 0.3) is 0 Å². The molecular weight excluding hydrogens is 442 g/mol. The van der Waals surface area contributed by atoms with Gasteiger partial charge in [-0.25, -0.2) is 9.78 Å². The molecule has 2 aromatic heterocycles. The van der Waals surface area contributed by atoms with Crippen LogP contribution in [0.15, 0.2) is 63.1 Å². The lowest BCUT2D eigenvalue weighted by Gasteiger charge is -2.04. The van der Waals surface area contributed by atoms with Gasteiger partial charge in [0.15, 0.2) is 5.58 Å². The maximum Gasteiger partial charge on any atom is 0.419 e. The predicted octanol–water partition coefficient (Wildman–Crippen LogP) is 4.06. The number of para-hydroxylation sites is 2. The lowest BCUT2D eigenvalue weighted by Crippen LogP contribution is -2.15. The Morgan fingerprint density at radius 2 is 1.94 bits per heavy atom. The molecule has 0 bridgehead atoms. The van der Waals surface area contributed by atoms with E-state index in [4.69, 9.17) is 9.15 Å². The van der Waals surface area contributed by atoms with E-state index in [0.29, 0.717) is 34.8 Å². The number of thiazole rings is 1. The van der Waals surface area contributed by atoms with Gasteiger partial charge in [-0.05, 0) is 37.6 Å². The van der Waals surface area contributed by atoms with E-state index < -0.39 is 5.76 Å². The van der Waals surface area contributed by atoms with Crippen LogP contribution in [0.25, 0.3) is 11.1 Å². The molecule has 0 aliphatic heterocycles. The summed E-state index contributed by atoms with van der Waals surface area (Å²) < 4.78 is 12.0. The summed E-state index contributed by atoms with van der Waals surface area (Å²) >= 11 is 1.35. The molecule has 0 radical (unpaired) electrons. The van der Waals surface area contributed by atoms with E-state index in [1.807, 2.05) is 37.3 Å². The second kappa shape index (κ2) is 10.3. The van der Waals surface area contributed by atoms with Gasteiger partial charge in [-0.3, -0.25) is 14.2 Å². The maximum atomic E-state index is 12.2. The molecule has 4 rings (SSSR count). The average molecular weight is 466 g/mol. The lowest BCUT2D eigenvalue weighted by molar-refractivity contribution is -0.145. The molecule has 0 fully saturated rings. The van der Waals surface area contributed by atoms with Crippen LogP contribution in [0.3, 0.4) is 0 Å². The fraction of sp³-hybridized carbons (Fsp3) is 0.250. The number of carbonyl (C=O) groups excluding carboxylic acids is 2. The molecule has 0 unspecified atom stereocenters. The van der Waals surface area contributed by atoms with Crippen LogP contribution in [0.5, 0.6) is 0 Å². The molecular formula is C24H23N3O5S. The van der Waals surface area contributed by atoms with Gasteiger partial charge in [-0.1, -0.05) is 29.8 Å². The largest absolute Gasteiger partial charge is 0.459 e. The minimum Gasteiger partial charge on any atom is -0.459 e. The lowest BCUT2D eigenvalue weighted by atomic mass is 10.2. The van der Waals surface area contributed by atoms with Crippen molar-refractivity contribution in [1.82, 2.24) is 9.55 Å². The molecule has 0 aliphatic rings. The molecule has 33 heavy (non-hydrogen) atoms. The third-order valence-electron chi connectivity index (χ3n) is 4.96. The van der Waals surface area contributed by atoms with Gasteiger partial charge in [0.1, 0.15) is 11.6 Å². The first-order valence-corrected chi connectivity index (χ1v) is 11.4. The highest BCUT2D eigenvalue weighted by molar-refractivity contribution is 7.09. The highest BCUT2D eigenvalue weighted by Crippen LogP contribution is 2.15. The van der Waals surface area contributed by atoms with Crippen LogP contribution in [0.4, 0.5) is 5.69 Å². The normalized spacial score (nSPS) is 10.9. The number of hydrogen-bond acceptors (Lipinski definition) is 7. The zero-order valence-electron chi connectivity index (χ0n) is 18.1. The van der Waals surface area contributed by atoms with Gasteiger partial charge < -0.3 is 14.5 Å². The molecule has 8 nitrogen and oxygen atoms in total. The number of esters is 1. The van der Waals surface area contributed by atoms with Crippen LogP contribution in [-0.4, -0.2) is 21.4 Å². The number of aromatic nitrogens is 2. The molecule has 0 saturated heterocycles. The van der Waals surface area contributed by atoms with Gasteiger partial charge in [-0.15, -0.1) is 11.3 Å². The van der Waals surface area contributed by atoms with Crippen molar-refractivity contribution in [3.05, 3.63) is 80.7 Å². The highest BCUT2D eigenvalue weighted by Gasteiger charge is 2.12. The van der Waals surface area contributed by atoms with Gasteiger partial charge in [0, 0.05) is 24.0 Å². The third-order valence-corrected chi connectivity index (χ3v) is 5.86. The van der Waals surface area contributed by atoms with E-state index >= 15 is 0 Å². The van der Waals surface area contributed by atoms with Crippen molar-refractivity contribution in [2.45, 2.75) is 39.3 Å². The van der Waals surface area contributed by atoms with E-state index in [1.54, 1.807) is 23.6 Å². The van der Waals surface area contributed by atoms with Crippen LogP contribution in [0.2, 0.25) is 0 Å². The number of nitrogens with one attached hydrogen (secondary N) is 1. The first-order chi connectivity index (χ1) is 16.0. The Morgan fingerprint density at radius 3 is 2.76 bits per heavy atom. The molecule has 170 valence electrons. The zero-order chi connectivity index (χ0) is 23.2. The minimum absolute atomic E-state index is 0.0451. The van der Waals surface area contributed by atoms with E-state index in [-0.39, 0.29) is 31.3 Å². The number of amides is 1. The van der Waals surface area contributed by atoms with Crippen LogP contribution in [0, 0.1) is 6.92 Å². The summed E-state index contributed by atoms with van der Waals surface area (Å²) in [5.74, 6) is -0.966. The number of hydrogen-bond donors (Lipinski definition) is 1. The summed E-state index contributed by atoms with van der Waals surface area (Å²) in [6, 6.07) is 14.7. The molecule has 0 aliphatic carbocycles. The van der Waals surface area contributed by atoms with E-state index in [0.717, 1.165) is 11.3 Å². The number of fused-ring (bicyclic) bond motifs is 1. The summed E-state index contributed by atoms with van der Waals surface area (Å²) in [7, 11) is 0. The molecule has 4 aromatic rings. The summed E-state index contributed by atoms with van der Waals surface area (Å²) in [6.07, 6.45) is 0.769. The Bertz CT molecular complexity index is 1320. The number of anilines is 1. The van der Waals surface area contributed by atoms with Crippen LogP contribution >= 0.6 is 11.3 Å². The second-order valence-corrected chi connectivity index (χ2v) is 8.52. The van der Waals surface area contributed by atoms with Crippen molar-refractivity contribution in [2.75, 3.05) is 5.32 Å². The van der Waals surface area contributed by atoms with E-state index in [1.165, 1.54) is 15.9 Å². The Morgan fingerprint density at radius 1 is 1.15 bits per heavy atom. The number of nitrogens with zero attached hydrogens (tertiary/aromatic N) is 2. The summed E-state index contributed by atoms with van der Waals surface area (Å²) in [5, 5.41) is 5.26. The fourth-order valence-electron chi connectivity index (χ4n) is 3.31. The Balaban J connectivity index is 1.20. The predicted molar refractivity (Wildman–Crippen MR) is 125 cm³/mol. The van der Waals surface area contributed by atoms with Gasteiger partial charge in [0.2, 0.25) is 5.91 Å². The zero-order valence-corrected chi connectivity index (χ0v) is 18.9. The maximum absolute atomic E-state index is 12.2. The standard InChI is InChI=1S/C24H23N3O5S/c1-16-8-10-17(11-9-16)25-21(28)13-22-26-18(15-33-22)14-31-23(29)7-4-12-27-19-5-2-3-6-20(19)32-24(27)30/h2-3,5-6,8-11,15H,4,7,12-14H2,1H3,(H,25,28). The number of carbonyl (C=O) groups is 2. The topological polar surface area (TPSA) is 103 Å². The summed E-state index contributed by atoms with van der Waals surface area (Å²) in [4.78, 5) is 40.6. The molecule has 0 saturated carbocycles. The molecule has 0 spiro atoms. The van der Waals surface area contributed by atoms with Crippen molar-refractivity contribution >= 4 is 40.0 Å². The Hall–Kier alpha value is -3.72. The monoisotopic (exact) mass is 465 g/mol. The number of benzene rings is 2. The average Bonchev–Trinajstić information content (AvgIpc) is 3.37. The van der Waals surface area contributed by atoms with Crippen molar-refractivity contribution in [3.63, 3.8) is 0 Å². The first kappa shape index (κ1) is 22.5. The highest BCUT2D eigenvalue weighted by atomic mass is 32.1. The van der Waals surface area contributed by atoms with Crippen LogP contribution in [0.1, 0.15) is 29.1 Å². The number of ether oxygens (including phenoxy) is 1. The fourth-order valence-corrected chi connectivity index (χ4v) is 4.09. The summed E-state index contributed by atoms with van der Waals surface area (Å²) in [6.45, 7) is 2.39. The molecule has 2 heterocycles. The second-order valence-electron chi connectivity index (χ2n) is 7.58.